The van der Waals surface area contributed by atoms with Crippen LogP contribution in [0.1, 0.15) is 11.1 Å². The largest absolute Gasteiger partial charge is 0.425 e. The number of hydrogen-bond donors (Lipinski definition) is 1. The molecule has 0 bridgehead atoms. The second-order valence-electron chi connectivity index (χ2n) is 4.16. The number of benzene rings is 1. The van der Waals surface area contributed by atoms with Crippen molar-refractivity contribution in [3.05, 3.63) is 64.1 Å². The molecule has 0 fully saturated rings. The van der Waals surface area contributed by atoms with Crippen molar-refractivity contribution in [2.75, 3.05) is 0 Å². The Labute approximate surface area is 116 Å². The molecule has 1 aromatic carbocycles. The van der Waals surface area contributed by atoms with Crippen LogP contribution in [0.3, 0.4) is 0 Å². The first-order valence-electron chi connectivity index (χ1n) is 5.59. The third-order valence-corrected chi connectivity index (χ3v) is 3.44. The van der Waals surface area contributed by atoms with Gasteiger partial charge in [-0.05, 0) is 40.6 Å². The molecule has 106 valence electrons. The van der Waals surface area contributed by atoms with Crippen LogP contribution in [0, 0.1) is 5.82 Å². The molecular formula is C14H10F4OS. The third-order valence-electron chi connectivity index (χ3n) is 2.76. The summed E-state index contributed by atoms with van der Waals surface area (Å²) >= 11 is 1.05. The average molecular weight is 302 g/mol. The molecule has 1 atom stereocenters. The Balaban J connectivity index is 2.40. The van der Waals surface area contributed by atoms with Gasteiger partial charge in [-0.3, -0.25) is 0 Å². The molecule has 1 nitrogen and oxygen atoms in total. The van der Waals surface area contributed by atoms with Gasteiger partial charge in [-0.25, -0.2) is 4.39 Å². The molecule has 0 saturated carbocycles. The Bertz CT molecular complexity index is 604. The van der Waals surface area contributed by atoms with Crippen molar-refractivity contribution in [2.24, 2.45) is 0 Å². The normalized spacial score (nSPS) is 15.4. The summed E-state index contributed by atoms with van der Waals surface area (Å²) in [4.78, 5) is 0. The number of hydrogen-bond acceptors (Lipinski definition) is 2. The molecule has 0 saturated heterocycles. The van der Waals surface area contributed by atoms with Crippen molar-refractivity contribution in [3.8, 4) is 0 Å². The average Bonchev–Trinajstić information content (AvgIpc) is 2.89. The molecule has 0 aliphatic carbocycles. The van der Waals surface area contributed by atoms with Gasteiger partial charge in [0.05, 0.1) is 0 Å². The van der Waals surface area contributed by atoms with Crippen LogP contribution in [-0.2, 0) is 5.60 Å². The fourth-order valence-electron chi connectivity index (χ4n) is 1.66. The first-order valence-corrected chi connectivity index (χ1v) is 6.54. The Morgan fingerprint density at radius 1 is 1.15 bits per heavy atom. The van der Waals surface area contributed by atoms with E-state index < -0.39 is 17.6 Å². The van der Waals surface area contributed by atoms with Gasteiger partial charge in [-0.2, -0.15) is 24.5 Å². The minimum absolute atomic E-state index is 0.239. The molecule has 1 aromatic heterocycles. The molecular weight excluding hydrogens is 292 g/mol. The van der Waals surface area contributed by atoms with Crippen LogP contribution in [0.5, 0.6) is 0 Å². The lowest BCUT2D eigenvalue weighted by Gasteiger charge is -2.26. The van der Waals surface area contributed by atoms with Crippen molar-refractivity contribution in [3.63, 3.8) is 0 Å². The lowest BCUT2D eigenvalue weighted by atomic mass is 9.94. The van der Waals surface area contributed by atoms with E-state index in [9.17, 15) is 22.7 Å². The highest BCUT2D eigenvalue weighted by atomic mass is 32.1. The molecule has 1 N–H and O–H groups in total. The van der Waals surface area contributed by atoms with E-state index in [2.05, 4.69) is 0 Å². The van der Waals surface area contributed by atoms with Crippen molar-refractivity contribution in [1.29, 1.82) is 0 Å². The molecule has 0 spiro atoms. The summed E-state index contributed by atoms with van der Waals surface area (Å²) in [6.07, 6.45) is -3.18. The van der Waals surface area contributed by atoms with Gasteiger partial charge < -0.3 is 5.11 Å². The van der Waals surface area contributed by atoms with Crippen molar-refractivity contribution in [2.45, 2.75) is 11.8 Å². The topological polar surface area (TPSA) is 20.2 Å². The minimum Gasteiger partial charge on any atom is -0.373 e. The van der Waals surface area contributed by atoms with Gasteiger partial charge >= 0.3 is 6.18 Å². The number of rotatable bonds is 3. The zero-order chi connectivity index (χ0) is 14.8. The fraction of sp³-hybridized carbons (Fsp3) is 0.143. The van der Waals surface area contributed by atoms with Crippen molar-refractivity contribution >= 4 is 17.4 Å². The molecule has 0 amide bonds. The molecule has 6 heteroatoms. The fourth-order valence-corrected chi connectivity index (χ4v) is 2.37. The molecule has 1 unspecified atom stereocenters. The van der Waals surface area contributed by atoms with E-state index in [1.54, 1.807) is 0 Å². The van der Waals surface area contributed by atoms with Crippen molar-refractivity contribution in [1.82, 2.24) is 0 Å². The maximum atomic E-state index is 13.1. The highest BCUT2D eigenvalue weighted by Gasteiger charge is 2.53. The van der Waals surface area contributed by atoms with E-state index in [-0.39, 0.29) is 11.1 Å². The SMILES string of the molecule is OC(C=Cc1cccc(F)c1)(c1ccsc1)C(F)(F)F. The summed E-state index contributed by atoms with van der Waals surface area (Å²) in [5.74, 6) is -0.557. The first-order chi connectivity index (χ1) is 9.33. The Kier molecular flexibility index (Phi) is 3.96. The lowest BCUT2D eigenvalue weighted by molar-refractivity contribution is -0.244. The maximum absolute atomic E-state index is 13.1. The second kappa shape index (κ2) is 5.38. The van der Waals surface area contributed by atoms with Crippen LogP contribution >= 0.6 is 11.3 Å². The standard InChI is InChI=1S/C14H10F4OS/c15-12-3-1-2-10(8-12)4-6-13(19,14(16,17)18)11-5-7-20-9-11/h1-9,19H. The van der Waals surface area contributed by atoms with Gasteiger partial charge in [0, 0.05) is 5.56 Å². The smallest absolute Gasteiger partial charge is 0.373 e. The summed E-state index contributed by atoms with van der Waals surface area (Å²) in [6, 6.07) is 6.30. The summed E-state index contributed by atoms with van der Waals surface area (Å²) < 4.78 is 52.2. The monoisotopic (exact) mass is 302 g/mol. The third kappa shape index (κ3) is 2.91. The van der Waals surface area contributed by atoms with Gasteiger partial charge in [0.15, 0.2) is 0 Å². The van der Waals surface area contributed by atoms with Crippen LogP contribution in [0.4, 0.5) is 17.6 Å². The van der Waals surface area contributed by atoms with Crippen LogP contribution in [-0.4, -0.2) is 11.3 Å². The minimum atomic E-state index is -4.86. The molecule has 20 heavy (non-hydrogen) atoms. The highest BCUT2D eigenvalue weighted by Crippen LogP contribution is 2.41. The second-order valence-corrected chi connectivity index (χ2v) is 4.94. The van der Waals surface area contributed by atoms with E-state index in [1.165, 1.54) is 35.0 Å². The van der Waals surface area contributed by atoms with Gasteiger partial charge in [0.2, 0.25) is 5.60 Å². The Morgan fingerprint density at radius 3 is 2.45 bits per heavy atom. The molecule has 0 aliphatic rings. The zero-order valence-corrected chi connectivity index (χ0v) is 10.9. The molecule has 0 aliphatic heterocycles. The van der Waals surface area contributed by atoms with Crippen LogP contribution in [0.2, 0.25) is 0 Å². The predicted octanol–water partition coefficient (Wildman–Crippen LogP) is 4.35. The summed E-state index contributed by atoms with van der Waals surface area (Å²) in [5.41, 5.74) is -3.11. The van der Waals surface area contributed by atoms with Gasteiger partial charge in [-0.15, -0.1) is 0 Å². The van der Waals surface area contributed by atoms with Gasteiger partial charge in [-0.1, -0.05) is 18.2 Å². The van der Waals surface area contributed by atoms with E-state index in [1.807, 2.05) is 0 Å². The molecule has 0 radical (unpaired) electrons. The Hall–Kier alpha value is -1.66. The van der Waals surface area contributed by atoms with Crippen LogP contribution < -0.4 is 0 Å². The van der Waals surface area contributed by atoms with E-state index in [4.69, 9.17) is 0 Å². The predicted molar refractivity (Wildman–Crippen MR) is 69.7 cm³/mol. The Morgan fingerprint density at radius 2 is 1.90 bits per heavy atom. The number of thiophene rings is 1. The van der Waals surface area contributed by atoms with Crippen LogP contribution in [0.25, 0.3) is 6.08 Å². The lowest BCUT2D eigenvalue weighted by Crippen LogP contribution is -2.40. The number of aliphatic hydroxyl groups is 1. The van der Waals surface area contributed by atoms with Crippen molar-refractivity contribution < 1.29 is 22.7 Å². The molecule has 2 aromatic rings. The van der Waals surface area contributed by atoms with E-state index in [0.717, 1.165) is 23.5 Å². The van der Waals surface area contributed by atoms with E-state index in [0.29, 0.717) is 6.08 Å². The quantitative estimate of drug-likeness (QED) is 0.836. The zero-order valence-electron chi connectivity index (χ0n) is 10.1. The van der Waals surface area contributed by atoms with Gasteiger partial charge in [0.25, 0.3) is 0 Å². The first kappa shape index (κ1) is 14.7. The molecule has 2 rings (SSSR count). The summed E-state index contributed by atoms with van der Waals surface area (Å²) in [5, 5.41) is 12.6. The summed E-state index contributed by atoms with van der Waals surface area (Å²) in [6.45, 7) is 0. The highest BCUT2D eigenvalue weighted by molar-refractivity contribution is 7.08. The van der Waals surface area contributed by atoms with Gasteiger partial charge in [0.1, 0.15) is 5.82 Å². The van der Waals surface area contributed by atoms with E-state index >= 15 is 0 Å². The molecule has 1 heterocycles. The number of halogens is 4. The maximum Gasteiger partial charge on any atom is 0.425 e. The number of alkyl halides is 3. The summed E-state index contributed by atoms with van der Waals surface area (Å²) in [7, 11) is 0. The van der Waals surface area contributed by atoms with Crippen LogP contribution in [0.15, 0.2) is 47.2 Å².